The van der Waals surface area contributed by atoms with Gasteiger partial charge in [0.25, 0.3) is 0 Å². The fraction of sp³-hybridized carbons (Fsp3) is 0.462. The first-order valence-corrected chi connectivity index (χ1v) is 8.17. The average molecular weight is 311 g/mol. The molecule has 2 bridgehead atoms. The number of rotatable bonds is 3. The molecule has 2 heterocycles. The summed E-state index contributed by atoms with van der Waals surface area (Å²) in [6.07, 6.45) is 1.69. The van der Waals surface area contributed by atoms with Crippen molar-refractivity contribution < 1.29 is 17.9 Å². The zero-order valence-corrected chi connectivity index (χ0v) is 12.2. The van der Waals surface area contributed by atoms with Gasteiger partial charge in [0, 0.05) is 18.7 Å². The van der Waals surface area contributed by atoms with Gasteiger partial charge in [-0.25, -0.2) is 8.42 Å². The van der Waals surface area contributed by atoms with Crippen LogP contribution in [0.25, 0.3) is 0 Å². The Bertz CT molecular complexity index is 677. The van der Waals surface area contributed by atoms with Gasteiger partial charge in [-0.2, -0.15) is 4.31 Å². The number of nitrogens with zero attached hydrogens (tertiary/aromatic N) is 1. The molecular formula is C13H17N3O4S. The summed E-state index contributed by atoms with van der Waals surface area (Å²) in [5.41, 5.74) is 11.2. The van der Waals surface area contributed by atoms with E-state index in [2.05, 4.69) is 0 Å². The van der Waals surface area contributed by atoms with Crippen LogP contribution in [-0.4, -0.2) is 43.9 Å². The fourth-order valence-corrected chi connectivity index (χ4v) is 4.45. The first-order chi connectivity index (χ1) is 9.88. The van der Waals surface area contributed by atoms with Gasteiger partial charge in [-0.05, 0) is 31.0 Å². The van der Waals surface area contributed by atoms with Crippen LogP contribution in [0, 0.1) is 0 Å². The molecule has 0 radical (unpaired) electrons. The Morgan fingerprint density at radius 2 is 1.86 bits per heavy atom. The maximum atomic E-state index is 12.7. The van der Waals surface area contributed by atoms with Crippen molar-refractivity contribution in [3.05, 3.63) is 23.8 Å². The summed E-state index contributed by atoms with van der Waals surface area (Å²) in [7, 11) is -3.68. The molecule has 4 N–H and O–H groups in total. The van der Waals surface area contributed by atoms with Crippen molar-refractivity contribution in [2.45, 2.75) is 29.9 Å². The lowest BCUT2D eigenvalue weighted by atomic mass is 10.2. The van der Waals surface area contributed by atoms with Crippen LogP contribution in [0.3, 0.4) is 0 Å². The summed E-state index contributed by atoms with van der Waals surface area (Å²) in [6, 6.07) is 4.01. The lowest BCUT2D eigenvalue weighted by Crippen LogP contribution is -2.45. The minimum absolute atomic E-state index is 0.00815. The third-order valence-electron chi connectivity index (χ3n) is 3.92. The van der Waals surface area contributed by atoms with Gasteiger partial charge in [0.15, 0.2) is 0 Å². The number of nitrogens with two attached hydrogens (primary N) is 2. The highest BCUT2D eigenvalue weighted by molar-refractivity contribution is 7.89. The third kappa shape index (κ3) is 2.50. The first-order valence-electron chi connectivity index (χ1n) is 6.73. The van der Waals surface area contributed by atoms with Gasteiger partial charge >= 0.3 is 0 Å². The molecule has 1 aromatic rings. The van der Waals surface area contributed by atoms with Gasteiger partial charge < -0.3 is 16.2 Å². The number of morpholine rings is 1. The number of hydrogen-bond acceptors (Lipinski definition) is 5. The van der Waals surface area contributed by atoms with E-state index in [1.807, 2.05) is 0 Å². The zero-order valence-electron chi connectivity index (χ0n) is 11.4. The van der Waals surface area contributed by atoms with Crippen LogP contribution in [0.5, 0.6) is 0 Å². The molecule has 2 saturated heterocycles. The molecular weight excluding hydrogens is 294 g/mol. The normalized spacial score (nSPS) is 25.9. The van der Waals surface area contributed by atoms with Crippen LogP contribution in [0.15, 0.2) is 23.1 Å². The summed E-state index contributed by atoms with van der Waals surface area (Å²) in [5, 5.41) is 0. The Kier molecular flexibility index (Phi) is 3.39. The largest absolute Gasteiger partial charge is 0.398 e. The van der Waals surface area contributed by atoms with Gasteiger partial charge in [-0.3, -0.25) is 4.79 Å². The van der Waals surface area contributed by atoms with E-state index in [1.54, 1.807) is 0 Å². The van der Waals surface area contributed by atoms with E-state index in [4.69, 9.17) is 16.2 Å². The second-order valence-corrected chi connectivity index (χ2v) is 7.30. The number of nitrogen functional groups attached to an aromatic ring is 1. The molecule has 3 rings (SSSR count). The smallest absolute Gasteiger partial charge is 0.248 e. The first kappa shape index (κ1) is 14.3. The van der Waals surface area contributed by atoms with E-state index in [1.165, 1.54) is 22.5 Å². The minimum atomic E-state index is -3.68. The molecule has 1 amide bonds. The number of benzene rings is 1. The Labute approximate surface area is 122 Å². The summed E-state index contributed by atoms with van der Waals surface area (Å²) in [5.74, 6) is -0.643. The SMILES string of the molecule is NC(=O)c1ccc(S(=O)(=O)N2CC3CCC(C2)O3)c(N)c1. The van der Waals surface area contributed by atoms with Crippen LogP contribution in [0.1, 0.15) is 23.2 Å². The third-order valence-corrected chi connectivity index (χ3v) is 5.83. The van der Waals surface area contributed by atoms with Gasteiger partial charge in [0.1, 0.15) is 4.90 Å². The van der Waals surface area contributed by atoms with E-state index in [0.29, 0.717) is 13.1 Å². The molecule has 8 heteroatoms. The maximum absolute atomic E-state index is 12.7. The van der Waals surface area contributed by atoms with Gasteiger partial charge in [-0.15, -0.1) is 0 Å². The number of amides is 1. The summed E-state index contributed by atoms with van der Waals surface area (Å²) >= 11 is 0. The number of sulfonamides is 1. The van der Waals surface area contributed by atoms with Crippen molar-refractivity contribution >= 4 is 21.6 Å². The van der Waals surface area contributed by atoms with Crippen LogP contribution < -0.4 is 11.5 Å². The highest BCUT2D eigenvalue weighted by Gasteiger charge is 2.39. The summed E-state index contributed by atoms with van der Waals surface area (Å²) < 4.78 is 32.4. The van der Waals surface area contributed by atoms with Crippen molar-refractivity contribution in [1.29, 1.82) is 0 Å². The average Bonchev–Trinajstić information content (AvgIpc) is 2.76. The Morgan fingerprint density at radius 3 is 2.38 bits per heavy atom. The van der Waals surface area contributed by atoms with Crippen molar-refractivity contribution in [2.75, 3.05) is 18.8 Å². The van der Waals surface area contributed by atoms with E-state index in [9.17, 15) is 13.2 Å². The standard InChI is InChI=1S/C13H17N3O4S/c14-11-5-8(13(15)17)1-4-12(11)21(18,19)16-6-9-2-3-10(7-16)20-9/h1,4-5,9-10H,2-3,6-7,14H2,(H2,15,17). The van der Waals surface area contributed by atoms with Crippen molar-refractivity contribution in [3.8, 4) is 0 Å². The number of carbonyl (C=O) groups excluding carboxylic acids is 1. The fourth-order valence-electron chi connectivity index (χ4n) is 2.85. The highest BCUT2D eigenvalue weighted by Crippen LogP contribution is 2.31. The molecule has 21 heavy (non-hydrogen) atoms. The molecule has 2 aliphatic heterocycles. The minimum Gasteiger partial charge on any atom is -0.398 e. The van der Waals surface area contributed by atoms with E-state index in [-0.39, 0.29) is 28.4 Å². The van der Waals surface area contributed by atoms with Gasteiger partial charge in [-0.1, -0.05) is 0 Å². The number of hydrogen-bond donors (Lipinski definition) is 2. The van der Waals surface area contributed by atoms with E-state index < -0.39 is 15.9 Å². The van der Waals surface area contributed by atoms with Crippen LogP contribution in [-0.2, 0) is 14.8 Å². The molecule has 0 aliphatic carbocycles. The molecule has 1 aromatic carbocycles. The Hall–Kier alpha value is -1.64. The second kappa shape index (κ2) is 4.97. The molecule has 2 aliphatic rings. The lowest BCUT2D eigenvalue weighted by molar-refractivity contribution is -0.0114. The number of carbonyl (C=O) groups is 1. The highest BCUT2D eigenvalue weighted by atomic mass is 32.2. The monoisotopic (exact) mass is 311 g/mol. The molecule has 2 atom stereocenters. The molecule has 0 saturated carbocycles. The zero-order chi connectivity index (χ0) is 15.2. The van der Waals surface area contributed by atoms with Crippen molar-refractivity contribution in [1.82, 2.24) is 4.31 Å². The van der Waals surface area contributed by atoms with Crippen molar-refractivity contribution in [2.24, 2.45) is 5.73 Å². The molecule has 0 spiro atoms. The lowest BCUT2D eigenvalue weighted by Gasteiger charge is -2.31. The van der Waals surface area contributed by atoms with Crippen LogP contribution >= 0.6 is 0 Å². The topological polar surface area (TPSA) is 116 Å². The van der Waals surface area contributed by atoms with Gasteiger partial charge in [0.05, 0.1) is 17.9 Å². The number of fused-ring (bicyclic) bond motifs is 2. The van der Waals surface area contributed by atoms with E-state index >= 15 is 0 Å². The predicted molar refractivity (Wildman–Crippen MR) is 76.0 cm³/mol. The molecule has 7 nitrogen and oxygen atoms in total. The predicted octanol–water partition coefficient (Wildman–Crippen LogP) is -0.0804. The van der Waals surface area contributed by atoms with Crippen LogP contribution in [0.4, 0.5) is 5.69 Å². The Balaban J connectivity index is 1.93. The van der Waals surface area contributed by atoms with Crippen molar-refractivity contribution in [3.63, 3.8) is 0 Å². The second-order valence-electron chi connectivity index (χ2n) is 5.40. The molecule has 2 unspecified atom stereocenters. The van der Waals surface area contributed by atoms with E-state index in [0.717, 1.165) is 12.8 Å². The molecule has 114 valence electrons. The summed E-state index contributed by atoms with van der Waals surface area (Å²) in [4.78, 5) is 11.1. The number of primary amides is 1. The number of ether oxygens (including phenoxy) is 1. The number of anilines is 1. The van der Waals surface area contributed by atoms with Gasteiger partial charge in [0.2, 0.25) is 15.9 Å². The maximum Gasteiger partial charge on any atom is 0.248 e. The molecule has 0 aromatic heterocycles. The molecule has 2 fully saturated rings. The van der Waals surface area contributed by atoms with Crippen LogP contribution in [0.2, 0.25) is 0 Å². The Morgan fingerprint density at radius 1 is 1.24 bits per heavy atom. The quantitative estimate of drug-likeness (QED) is 0.757. The summed E-state index contributed by atoms with van der Waals surface area (Å²) in [6.45, 7) is 0.686.